The number of hydrogen-bond acceptors (Lipinski definition) is 5. The average Bonchev–Trinajstić information content (AvgIpc) is 2.85. The molecule has 2 heterocycles. The first kappa shape index (κ1) is 22.3. The van der Waals surface area contributed by atoms with Crippen molar-refractivity contribution in [2.75, 3.05) is 19.0 Å². The van der Waals surface area contributed by atoms with E-state index in [1.165, 1.54) is 0 Å². The number of amides is 1. The fourth-order valence-corrected chi connectivity index (χ4v) is 3.87. The van der Waals surface area contributed by atoms with Crippen molar-refractivity contribution in [2.45, 2.75) is 13.0 Å². The van der Waals surface area contributed by atoms with Gasteiger partial charge in [0.1, 0.15) is 5.82 Å². The molecule has 0 bridgehead atoms. The van der Waals surface area contributed by atoms with Gasteiger partial charge in [0, 0.05) is 6.20 Å². The highest BCUT2D eigenvalue weighted by Gasteiger charge is 2.33. The lowest BCUT2D eigenvalue weighted by Crippen LogP contribution is -2.45. The van der Waals surface area contributed by atoms with Crippen LogP contribution in [0.1, 0.15) is 24.1 Å². The number of benzene rings is 2. The minimum Gasteiger partial charge on any atom is -0.493 e. The van der Waals surface area contributed by atoms with Crippen molar-refractivity contribution in [1.82, 2.24) is 15.6 Å². The van der Waals surface area contributed by atoms with E-state index in [-0.39, 0.29) is 5.91 Å². The number of ether oxygens (including phenoxy) is 2. The molecule has 0 spiro atoms. The van der Waals surface area contributed by atoms with Gasteiger partial charge in [-0.15, -0.1) is 0 Å². The van der Waals surface area contributed by atoms with Crippen LogP contribution in [-0.4, -0.2) is 29.7 Å². The highest BCUT2D eigenvalue weighted by atomic mass is 32.1. The molecule has 3 aromatic rings. The molecule has 1 amide bonds. The maximum absolute atomic E-state index is 13.6. The van der Waals surface area contributed by atoms with Gasteiger partial charge in [-0.3, -0.25) is 4.79 Å². The molecule has 7 nitrogen and oxygen atoms in total. The minimum atomic E-state index is -0.526. The van der Waals surface area contributed by atoms with Crippen LogP contribution in [-0.2, 0) is 4.79 Å². The van der Waals surface area contributed by atoms with Crippen LogP contribution in [0.5, 0.6) is 11.5 Å². The molecular formula is C25H24N4O3S. The SMILES string of the molecule is CCOc1ccc([C@@H]2NC(=S)NC(c3ccccc3)=C2C(=O)Nc2ccccn2)cc1OC. The van der Waals surface area contributed by atoms with Crippen LogP contribution in [0.2, 0.25) is 0 Å². The Balaban J connectivity index is 1.83. The van der Waals surface area contributed by atoms with Crippen LogP contribution in [0.3, 0.4) is 0 Å². The first-order valence-electron chi connectivity index (χ1n) is 10.5. The molecule has 168 valence electrons. The Hall–Kier alpha value is -3.91. The van der Waals surface area contributed by atoms with E-state index in [9.17, 15) is 4.79 Å². The highest BCUT2D eigenvalue weighted by molar-refractivity contribution is 7.80. The summed E-state index contributed by atoms with van der Waals surface area (Å²) in [6.45, 7) is 2.43. The van der Waals surface area contributed by atoms with E-state index >= 15 is 0 Å². The molecule has 4 rings (SSSR count). The quantitative estimate of drug-likeness (QED) is 0.459. The summed E-state index contributed by atoms with van der Waals surface area (Å²) in [5.74, 6) is 1.37. The van der Waals surface area contributed by atoms with Gasteiger partial charge in [0.05, 0.1) is 31.0 Å². The fourth-order valence-electron chi connectivity index (χ4n) is 3.65. The van der Waals surface area contributed by atoms with Crippen molar-refractivity contribution in [2.24, 2.45) is 0 Å². The minimum absolute atomic E-state index is 0.298. The molecule has 1 atom stereocenters. The maximum Gasteiger partial charge on any atom is 0.257 e. The largest absolute Gasteiger partial charge is 0.493 e. The third-order valence-corrected chi connectivity index (χ3v) is 5.33. The number of nitrogens with one attached hydrogen (secondary N) is 3. The van der Waals surface area contributed by atoms with Crippen LogP contribution in [0.25, 0.3) is 5.70 Å². The molecule has 0 unspecified atom stereocenters. The molecule has 1 aliphatic heterocycles. The molecule has 1 aliphatic rings. The lowest BCUT2D eigenvalue weighted by atomic mass is 9.92. The van der Waals surface area contributed by atoms with E-state index in [4.69, 9.17) is 21.7 Å². The third-order valence-electron chi connectivity index (χ3n) is 5.11. The summed E-state index contributed by atoms with van der Waals surface area (Å²) in [6.07, 6.45) is 1.63. The number of pyridine rings is 1. The standard InChI is InChI=1S/C25H24N4O3S/c1-3-32-18-13-12-17(15-19(18)31-2)23-21(24(30)27-20-11-7-8-14-26-20)22(28-25(33)29-23)16-9-5-4-6-10-16/h4-15,23H,3H2,1-2H3,(H,26,27,30)(H2,28,29,33)/t23-/m0/s1. The van der Waals surface area contributed by atoms with E-state index in [0.717, 1.165) is 11.1 Å². The molecule has 0 radical (unpaired) electrons. The van der Waals surface area contributed by atoms with Crippen LogP contribution >= 0.6 is 12.2 Å². The Labute approximate surface area is 197 Å². The number of rotatable bonds is 7. The number of carbonyl (C=O) groups excluding carboxylic acids is 1. The molecule has 1 aromatic heterocycles. The highest BCUT2D eigenvalue weighted by Crippen LogP contribution is 2.36. The molecule has 33 heavy (non-hydrogen) atoms. The number of thiocarbonyl (C=S) groups is 1. The van der Waals surface area contributed by atoms with E-state index in [1.54, 1.807) is 25.4 Å². The number of anilines is 1. The van der Waals surface area contributed by atoms with Crippen molar-refractivity contribution in [1.29, 1.82) is 0 Å². The summed E-state index contributed by atoms with van der Waals surface area (Å²) in [4.78, 5) is 17.8. The second-order valence-electron chi connectivity index (χ2n) is 7.20. The monoisotopic (exact) mass is 460 g/mol. The number of nitrogens with zero attached hydrogens (tertiary/aromatic N) is 1. The van der Waals surface area contributed by atoms with E-state index in [1.807, 2.05) is 61.5 Å². The van der Waals surface area contributed by atoms with Gasteiger partial charge in [-0.05, 0) is 54.5 Å². The Kier molecular flexibility index (Phi) is 6.85. The first-order chi connectivity index (χ1) is 16.1. The van der Waals surface area contributed by atoms with Gasteiger partial charge in [-0.2, -0.15) is 0 Å². The molecule has 3 N–H and O–H groups in total. The summed E-state index contributed by atoms with van der Waals surface area (Å²) in [7, 11) is 1.59. The average molecular weight is 461 g/mol. The van der Waals surface area contributed by atoms with Crippen molar-refractivity contribution >= 4 is 34.8 Å². The molecule has 0 saturated carbocycles. The Bertz CT molecular complexity index is 1180. The summed E-state index contributed by atoms with van der Waals surface area (Å²) in [5, 5.41) is 9.73. The zero-order chi connectivity index (χ0) is 23.2. The molecule has 0 fully saturated rings. The number of carbonyl (C=O) groups is 1. The van der Waals surface area contributed by atoms with Crippen LogP contribution in [0.15, 0.2) is 78.5 Å². The number of aromatic nitrogens is 1. The van der Waals surface area contributed by atoms with Crippen molar-refractivity contribution in [3.63, 3.8) is 0 Å². The smallest absolute Gasteiger partial charge is 0.257 e. The van der Waals surface area contributed by atoms with Gasteiger partial charge in [0.2, 0.25) is 0 Å². The summed E-state index contributed by atoms with van der Waals surface area (Å²) >= 11 is 5.50. The van der Waals surface area contributed by atoms with Gasteiger partial charge in [0.15, 0.2) is 16.6 Å². The maximum atomic E-state index is 13.6. The summed E-state index contributed by atoms with van der Waals surface area (Å²) in [6, 6.07) is 20.0. The van der Waals surface area contributed by atoms with E-state index in [2.05, 4.69) is 20.9 Å². The van der Waals surface area contributed by atoms with Gasteiger partial charge >= 0.3 is 0 Å². The predicted octanol–water partition coefficient (Wildman–Crippen LogP) is 4.06. The van der Waals surface area contributed by atoms with Gasteiger partial charge in [-0.1, -0.05) is 42.5 Å². The summed E-state index contributed by atoms with van der Waals surface area (Å²) < 4.78 is 11.2. The number of methoxy groups -OCH3 is 1. The Morgan fingerprint density at radius 3 is 2.58 bits per heavy atom. The molecular weight excluding hydrogens is 436 g/mol. The Morgan fingerprint density at radius 1 is 1.09 bits per heavy atom. The second kappa shape index (κ2) is 10.1. The molecule has 2 aromatic carbocycles. The van der Waals surface area contributed by atoms with Crippen LogP contribution < -0.4 is 25.4 Å². The normalized spacial score (nSPS) is 15.3. The van der Waals surface area contributed by atoms with Gasteiger partial charge in [-0.25, -0.2) is 4.98 Å². The van der Waals surface area contributed by atoms with Gasteiger partial charge in [0.25, 0.3) is 5.91 Å². The van der Waals surface area contributed by atoms with Crippen molar-refractivity contribution in [3.8, 4) is 11.5 Å². The first-order valence-corrected chi connectivity index (χ1v) is 10.9. The van der Waals surface area contributed by atoms with Gasteiger partial charge < -0.3 is 25.4 Å². The second-order valence-corrected chi connectivity index (χ2v) is 7.61. The zero-order valence-electron chi connectivity index (χ0n) is 18.3. The fraction of sp³-hybridized carbons (Fsp3) is 0.160. The summed E-state index contributed by atoms with van der Waals surface area (Å²) in [5.41, 5.74) is 2.76. The molecule has 0 saturated heterocycles. The topological polar surface area (TPSA) is 84.5 Å². The Morgan fingerprint density at radius 2 is 1.88 bits per heavy atom. The molecule has 0 aliphatic carbocycles. The third kappa shape index (κ3) is 4.96. The zero-order valence-corrected chi connectivity index (χ0v) is 19.1. The van der Waals surface area contributed by atoms with Crippen LogP contribution in [0, 0.1) is 0 Å². The molecule has 8 heteroatoms. The van der Waals surface area contributed by atoms with Crippen LogP contribution in [0.4, 0.5) is 5.82 Å². The lowest BCUT2D eigenvalue weighted by molar-refractivity contribution is -0.113. The van der Waals surface area contributed by atoms with E-state index < -0.39 is 6.04 Å². The predicted molar refractivity (Wildman–Crippen MR) is 132 cm³/mol. The van der Waals surface area contributed by atoms with Crippen molar-refractivity contribution in [3.05, 3.63) is 89.6 Å². The van der Waals surface area contributed by atoms with Crippen molar-refractivity contribution < 1.29 is 14.3 Å². The number of hydrogen-bond donors (Lipinski definition) is 3. The lowest BCUT2D eigenvalue weighted by Gasteiger charge is -2.32. The van der Waals surface area contributed by atoms with E-state index in [0.29, 0.717) is 40.3 Å².